The fraction of sp³-hybridized carbons (Fsp3) is 0.667. The average Bonchev–Trinajstić information content (AvgIpc) is 2.34. The van der Waals surface area contributed by atoms with Gasteiger partial charge in [-0.15, -0.1) is 0 Å². The second-order valence-corrected chi connectivity index (χ2v) is 3.41. The summed E-state index contributed by atoms with van der Waals surface area (Å²) in [4.78, 5) is 6.31. The molecule has 1 rings (SSSR count). The largest absolute Gasteiger partial charge is 0.370 e. The summed E-state index contributed by atoms with van der Waals surface area (Å²) in [6.45, 7) is 5.94. The molecule has 4 nitrogen and oxygen atoms in total. The summed E-state index contributed by atoms with van der Waals surface area (Å²) in [7, 11) is 0. The minimum Gasteiger partial charge on any atom is -0.370 e. The summed E-state index contributed by atoms with van der Waals surface area (Å²) in [5.74, 6) is 0.174. The topological polar surface area (TPSA) is 67.6 Å². The first-order chi connectivity index (χ1) is 6.11. The van der Waals surface area contributed by atoms with E-state index in [9.17, 15) is 0 Å². The maximum Gasteiger partial charge on any atom is 0.185 e. The van der Waals surface area contributed by atoms with Gasteiger partial charge >= 0.3 is 0 Å². The van der Waals surface area contributed by atoms with Crippen molar-refractivity contribution in [3.05, 3.63) is 12.2 Å². The van der Waals surface area contributed by atoms with Crippen LogP contribution in [-0.4, -0.2) is 36.0 Å². The number of hydrogen-bond acceptors (Lipinski definition) is 2. The molecule has 0 bridgehead atoms. The Labute approximate surface area is 79.3 Å². The Morgan fingerprint density at radius 2 is 1.85 bits per heavy atom. The molecule has 0 spiro atoms. The van der Waals surface area contributed by atoms with E-state index in [1.54, 1.807) is 0 Å². The number of aliphatic imine (C=N–C) groups is 1. The summed E-state index contributed by atoms with van der Waals surface area (Å²) >= 11 is 0. The lowest BCUT2D eigenvalue weighted by Crippen LogP contribution is -2.36. The van der Waals surface area contributed by atoms with Crippen molar-refractivity contribution in [3.63, 3.8) is 0 Å². The molecule has 0 amide bonds. The Balaban J connectivity index is 2.33. The van der Waals surface area contributed by atoms with Crippen LogP contribution in [0.3, 0.4) is 0 Å². The fourth-order valence-corrected chi connectivity index (χ4v) is 1.62. The van der Waals surface area contributed by atoms with Crippen LogP contribution in [-0.2, 0) is 0 Å². The second-order valence-electron chi connectivity index (χ2n) is 3.41. The maximum absolute atomic E-state index is 5.24. The van der Waals surface area contributed by atoms with Crippen LogP contribution in [0.25, 0.3) is 0 Å². The normalized spacial score (nSPS) is 27.8. The van der Waals surface area contributed by atoms with Gasteiger partial charge in [0.2, 0.25) is 0 Å². The van der Waals surface area contributed by atoms with E-state index in [1.165, 1.54) is 0 Å². The van der Waals surface area contributed by atoms with Gasteiger partial charge in [-0.2, -0.15) is 0 Å². The van der Waals surface area contributed by atoms with Crippen LogP contribution < -0.4 is 11.5 Å². The SMILES string of the molecule is CC1C=C[C@@H](C)N1CCN=C(N)N. The van der Waals surface area contributed by atoms with E-state index >= 15 is 0 Å². The van der Waals surface area contributed by atoms with E-state index in [-0.39, 0.29) is 5.96 Å². The monoisotopic (exact) mass is 182 g/mol. The van der Waals surface area contributed by atoms with E-state index in [1.807, 2.05) is 0 Å². The molecule has 0 saturated heterocycles. The van der Waals surface area contributed by atoms with Gasteiger partial charge in [-0.3, -0.25) is 9.89 Å². The molecule has 0 aromatic heterocycles. The summed E-state index contributed by atoms with van der Waals surface area (Å²) in [5, 5.41) is 0. The highest BCUT2D eigenvalue weighted by Gasteiger charge is 2.20. The van der Waals surface area contributed by atoms with Crippen molar-refractivity contribution >= 4 is 5.96 Å². The minimum absolute atomic E-state index is 0.174. The van der Waals surface area contributed by atoms with Gasteiger partial charge in [0.1, 0.15) is 0 Å². The second kappa shape index (κ2) is 4.28. The van der Waals surface area contributed by atoms with Crippen LogP contribution in [0.4, 0.5) is 0 Å². The van der Waals surface area contributed by atoms with E-state index in [0.717, 1.165) is 6.54 Å². The van der Waals surface area contributed by atoms with Gasteiger partial charge < -0.3 is 11.5 Å². The Bertz CT molecular complexity index is 206. The molecule has 74 valence electrons. The molecule has 1 heterocycles. The zero-order chi connectivity index (χ0) is 9.84. The first-order valence-electron chi connectivity index (χ1n) is 4.60. The quantitative estimate of drug-likeness (QED) is 0.364. The van der Waals surface area contributed by atoms with E-state index in [4.69, 9.17) is 11.5 Å². The Morgan fingerprint density at radius 3 is 2.31 bits per heavy atom. The third kappa shape index (κ3) is 2.73. The van der Waals surface area contributed by atoms with Crippen LogP contribution in [0.5, 0.6) is 0 Å². The molecule has 4 heteroatoms. The van der Waals surface area contributed by atoms with Crippen molar-refractivity contribution in [3.8, 4) is 0 Å². The molecule has 4 N–H and O–H groups in total. The predicted octanol–water partition coefficient (Wildman–Crippen LogP) is -0.0914. The highest BCUT2D eigenvalue weighted by molar-refractivity contribution is 5.75. The average molecular weight is 182 g/mol. The van der Waals surface area contributed by atoms with E-state index in [0.29, 0.717) is 18.6 Å². The van der Waals surface area contributed by atoms with Crippen molar-refractivity contribution in [2.45, 2.75) is 25.9 Å². The molecular formula is C9H18N4. The number of nitrogens with two attached hydrogens (primary N) is 2. The van der Waals surface area contributed by atoms with Gasteiger partial charge in [-0.1, -0.05) is 12.2 Å². The summed E-state index contributed by atoms with van der Waals surface area (Å²) in [6.07, 6.45) is 4.42. The molecule has 0 saturated carbocycles. The predicted molar refractivity (Wildman–Crippen MR) is 55.4 cm³/mol. The molecule has 0 aromatic carbocycles. The maximum atomic E-state index is 5.24. The highest BCUT2D eigenvalue weighted by atomic mass is 15.2. The van der Waals surface area contributed by atoms with Gasteiger partial charge in [0.25, 0.3) is 0 Å². The summed E-state index contributed by atoms with van der Waals surface area (Å²) in [6, 6.07) is 1.01. The van der Waals surface area contributed by atoms with E-state index in [2.05, 4.69) is 35.9 Å². The number of hydrogen-bond donors (Lipinski definition) is 2. The van der Waals surface area contributed by atoms with Crippen molar-refractivity contribution < 1.29 is 0 Å². The molecule has 2 atom stereocenters. The van der Waals surface area contributed by atoms with Crippen LogP contribution in [0, 0.1) is 0 Å². The van der Waals surface area contributed by atoms with Crippen LogP contribution in [0.15, 0.2) is 17.1 Å². The summed E-state index contributed by atoms with van der Waals surface area (Å²) < 4.78 is 0. The van der Waals surface area contributed by atoms with Crippen LogP contribution in [0.2, 0.25) is 0 Å². The van der Waals surface area contributed by atoms with Crippen molar-refractivity contribution in [1.82, 2.24) is 4.90 Å². The Kier molecular flexibility index (Phi) is 3.31. The lowest BCUT2D eigenvalue weighted by molar-refractivity contribution is 0.237. The lowest BCUT2D eigenvalue weighted by atomic mass is 10.3. The van der Waals surface area contributed by atoms with Crippen molar-refractivity contribution in [2.75, 3.05) is 13.1 Å². The van der Waals surface area contributed by atoms with Gasteiger partial charge in [-0.05, 0) is 13.8 Å². The molecule has 0 radical (unpaired) electrons. The zero-order valence-electron chi connectivity index (χ0n) is 8.27. The molecule has 13 heavy (non-hydrogen) atoms. The van der Waals surface area contributed by atoms with Gasteiger partial charge in [0.05, 0.1) is 6.54 Å². The molecule has 0 fully saturated rings. The van der Waals surface area contributed by atoms with Crippen molar-refractivity contribution in [1.29, 1.82) is 0 Å². The van der Waals surface area contributed by atoms with Crippen LogP contribution >= 0.6 is 0 Å². The van der Waals surface area contributed by atoms with Gasteiger partial charge in [0, 0.05) is 18.6 Å². The third-order valence-electron chi connectivity index (χ3n) is 2.37. The first-order valence-corrected chi connectivity index (χ1v) is 4.60. The highest BCUT2D eigenvalue weighted by Crippen LogP contribution is 2.14. The lowest BCUT2D eigenvalue weighted by Gasteiger charge is -2.25. The first kappa shape index (κ1) is 10.1. The number of guanidine groups is 1. The smallest absolute Gasteiger partial charge is 0.185 e. The standard InChI is InChI=1S/C9H18N4/c1-7-3-4-8(2)13(7)6-5-12-9(10)11/h3-4,7-8H,5-6H2,1-2H3,(H4,10,11,12)/t7-,8?/m1/s1. The molecule has 1 unspecified atom stereocenters. The van der Waals surface area contributed by atoms with E-state index < -0.39 is 0 Å². The van der Waals surface area contributed by atoms with Gasteiger partial charge in [-0.25, -0.2) is 0 Å². The molecule has 1 aliphatic heterocycles. The third-order valence-corrected chi connectivity index (χ3v) is 2.37. The summed E-state index contributed by atoms with van der Waals surface area (Å²) in [5.41, 5.74) is 10.5. The van der Waals surface area contributed by atoms with Crippen molar-refractivity contribution in [2.24, 2.45) is 16.5 Å². The van der Waals surface area contributed by atoms with Crippen LogP contribution in [0.1, 0.15) is 13.8 Å². The molecule has 1 aliphatic rings. The van der Waals surface area contributed by atoms with Gasteiger partial charge in [0.15, 0.2) is 5.96 Å². The number of rotatable bonds is 3. The minimum atomic E-state index is 0.174. The fourth-order valence-electron chi connectivity index (χ4n) is 1.62. The zero-order valence-corrected chi connectivity index (χ0v) is 8.27. The Morgan fingerprint density at radius 1 is 1.31 bits per heavy atom. The molecular weight excluding hydrogens is 164 g/mol. The molecule has 0 aromatic rings. The molecule has 0 aliphatic carbocycles. The Hall–Kier alpha value is -1.03. The number of nitrogens with zero attached hydrogens (tertiary/aromatic N) is 2.